The first-order chi connectivity index (χ1) is 30.6. The first-order valence-electron chi connectivity index (χ1n) is 23.3. The molecule has 3 atom stereocenters. The van der Waals surface area contributed by atoms with Crippen molar-refractivity contribution in [2.75, 3.05) is 0 Å². The van der Waals surface area contributed by atoms with E-state index in [-0.39, 0.29) is 0 Å². The van der Waals surface area contributed by atoms with Crippen molar-refractivity contribution in [3.05, 3.63) is 232 Å². The maximum absolute atomic E-state index is 5.23. The second-order valence-electron chi connectivity index (χ2n) is 18.3. The molecule has 0 saturated carbocycles. The molecule has 0 N–H and O–H groups in total. The third-order valence-electron chi connectivity index (χ3n) is 14.7. The molecule has 1 heterocycles. The van der Waals surface area contributed by atoms with E-state index in [2.05, 4.69) is 183 Å². The van der Waals surface area contributed by atoms with Crippen molar-refractivity contribution in [2.24, 2.45) is 5.92 Å². The van der Waals surface area contributed by atoms with E-state index in [1.807, 2.05) is 0 Å². The molecule has 5 aliphatic carbocycles. The number of fused-ring (bicyclic) bond motifs is 5. The first-order valence-corrected chi connectivity index (χ1v) is 23.3. The standard InChI is InChI=1S/C61H55N/c1-41-57(45-27-25-44(26-28-45)43-15-5-2-6-16-43)40-51-21-11-12-22-53(51)56-34-33-50(38-58(41)56)49-31-29-46-30-32-52(54-23-13-14-24-55(54)59(46)39-49)35-42-36-60(47-17-7-3-8-18-47)62-61(37-42)48-19-9-4-10-20-48/h2-3,5-9,11-25,27,33-34,36-39,41,52,57H,4,10,26,28-32,35,40H2,1H3/t41-,52-,57?/m0/s1. The molecule has 1 heteroatoms. The Bertz CT molecular complexity index is 2860. The highest BCUT2D eigenvalue weighted by Gasteiger charge is 2.32. The zero-order chi connectivity index (χ0) is 41.4. The Morgan fingerprint density at radius 3 is 2.15 bits per heavy atom. The Hall–Kier alpha value is -6.31. The van der Waals surface area contributed by atoms with Gasteiger partial charge in [-0.3, -0.25) is 0 Å². The third kappa shape index (κ3) is 7.53. The van der Waals surface area contributed by atoms with E-state index in [9.17, 15) is 0 Å². The van der Waals surface area contributed by atoms with Gasteiger partial charge in [0.15, 0.2) is 0 Å². The molecule has 1 aromatic heterocycles. The van der Waals surface area contributed by atoms with Crippen molar-refractivity contribution >= 4 is 22.3 Å². The molecule has 304 valence electrons. The van der Waals surface area contributed by atoms with Crippen LogP contribution in [0.25, 0.3) is 44.7 Å². The van der Waals surface area contributed by atoms with Gasteiger partial charge >= 0.3 is 0 Å². The van der Waals surface area contributed by atoms with Crippen molar-refractivity contribution in [3.8, 4) is 22.4 Å². The lowest BCUT2D eigenvalue weighted by molar-refractivity contribution is 0.500. The quantitative estimate of drug-likeness (QED) is 0.157. The van der Waals surface area contributed by atoms with Crippen LogP contribution in [0.5, 0.6) is 0 Å². The van der Waals surface area contributed by atoms with Gasteiger partial charge in [0.05, 0.1) is 11.4 Å². The molecule has 5 aromatic carbocycles. The average molecular weight is 802 g/mol. The molecule has 0 bridgehead atoms. The van der Waals surface area contributed by atoms with Crippen molar-refractivity contribution in [1.29, 1.82) is 0 Å². The fourth-order valence-electron chi connectivity index (χ4n) is 11.3. The summed E-state index contributed by atoms with van der Waals surface area (Å²) in [5.74, 6) is 1.31. The van der Waals surface area contributed by atoms with Gasteiger partial charge in [-0.15, -0.1) is 0 Å². The zero-order valence-corrected chi connectivity index (χ0v) is 36.0. The molecule has 5 aliphatic rings. The predicted molar refractivity (Wildman–Crippen MR) is 261 cm³/mol. The van der Waals surface area contributed by atoms with Crippen LogP contribution in [-0.4, -0.2) is 4.98 Å². The summed E-state index contributed by atoms with van der Waals surface area (Å²) in [6.07, 6.45) is 25.4. The minimum absolute atomic E-state index is 0.412. The van der Waals surface area contributed by atoms with Crippen molar-refractivity contribution in [1.82, 2.24) is 4.98 Å². The van der Waals surface area contributed by atoms with Crippen molar-refractivity contribution in [3.63, 3.8) is 0 Å². The van der Waals surface area contributed by atoms with Crippen LogP contribution in [-0.2, 0) is 12.8 Å². The SMILES string of the molecule is C[C@@H]1c2cc(C3=CC4=C(CC3)CC[C@@H](Cc3cc(C5=CCCC=C5)nc(-c5ccccc5)c3)c3ccccc34)ccc2-c2ccccc2CC1C1=CC=C(c2ccccc2)CC1. The van der Waals surface area contributed by atoms with Gasteiger partial charge in [0.2, 0.25) is 0 Å². The van der Waals surface area contributed by atoms with Gasteiger partial charge in [-0.1, -0.05) is 182 Å². The van der Waals surface area contributed by atoms with Crippen LogP contribution in [0, 0.1) is 5.92 Å². The lowest BCUT2D eigenvalue weighted by Gasteiger charge is -2.29. The fraction of sp³-hybridized carbons (Fsp3) is 0.230. The van der Waals surface area contributed by atoms with Crippen molar-refractivity contribution < 1.29 is 0 Å². The fourth-order valence-corrected chi connectivity index (χ4v) is 11.3. The Morgan fingerprint density at radius 1 is 0.581 bits per heavy atom. The molecule has 0 spiro atoms. The summed E-state index contributed by atoms with van der Waals surface area (Å²) in [5.41, 5.74) is 25.1. The Kier molecular flexibility index (Phi) is 10.5. The van der Waals surface area contributed by atoms with Crippen LogP contribution in [0.15, 0.2) is 187 Å². The average Bonchev–Trinajstić information content (AvgIpc) is 3.58. The van der Waals surface area contributed by atoms with E-state index in [0.29, 0.717) is 17.8 Å². The van der Waals surface area contributed by atoms with Crippen LogP contribution in [0.2, 0.25) is 0 Å². The second kappa shape index (κ2) is 16.9. The number of aromatic nitrogens is 1. The normalized spacial score (nSPS) is 20.6. The highest BCUT2D eigenvalue weighted by molar-refractivity contribution is 5.90. The van der Waals surface area contributed by atoms with Gasteiger partial charge in [0.25, 0.3) is 0 Å². The molecule has 62 heavy (non-hydrogen) atoms. The van der Waals surface area contributed by atoms with E-state index in [0.717, 1.165) is 75.6 Å². The number of pyridine rings is 1. The van der Waals surface area contributed by atoms with Crippen LogP contribution in [0.1, 0.15) is 115 Å². The molecule has 0 fully saturated rings. The molecule has 11 rings (SSSR count). The van der Waals surface area contributed by atoms with E-state index < -0.39 is 0 Å². The summed E-state index contributed by atoms with van der Waals surface area (Å²) in [4.78, 5) is 5.23. The molecule has 6 aromatic rings. The van der Waals surface area contributed by atoms with Gasteiger partial charge in [-0.05, 0) is 166 Å². The zero-order valence-electron chi connectivity index (χ0n) is 36.0. The van der Waals surface area contributed by atoms with E-state index in [1.165, 1.54) is 77.9 Å². The van der Waals surface area contributed by atoms with E-state index in [1.54, 1.807) is 11.1 Å². The lowest BCUT2D eigenvalue weighted by Crippen LogP contribution is -2.16. The highest BCUT2D eigenvalue weighted by atomic mass is 14.7. The molecular formula is C61H55N. The number of rotatable bonds is 7. The molecule has 0 saturated heterocycles. The Balaban J connectivity index is 0.923. The van der Waals surface area contributed by atoms with Gasteiger partial charge in [0, 0.05) is 5.56 Å². The van der Waals surface area contributed by atoms with Crippen LogP contribution < -0.4 is 0 Å². The Labute approximate surface area is 368 Å². The number of benzene rings is 5. The maximum Gasteiger partial charge on any atom is 0.0712 e. The third-order valence-corrected chi connectivity index (χ3v) is 14.7. The molecular weight excluding hydrogens is 747 g/mol. The van der Waals surface area contributed by atoms with Gasteiger partial charge in [-0.2, -0.15) is 0 Å². The number of hydrogen-bond donors (Lipinski definition) is 0. The van der Waals surface area contributed by atoms with Crippen LogP contribution in [0.3, 0.4) is 0 Å². The lowest BCUT2D eigenvalue weighted by atomic mass is 9.75. The second-order valence-corrected chi connectivity index (χ2v) is 18.3. The Morgan fingerprint density at radius 2 is 1.34 bits per heavy atom. The van der Waals surface area contributed by atoms with Gasteiger partial charge in [0.1, 0.15) is 0 Å². The number of allylic oxidation sites excluding steroid dienone is 12. The molecule has 0 aliphatic heterocycles. The van der Waals surface area contributed by atoms with E-state index in [4.69, 9.17) is 4.98 Å². The highest BCUT2D eigenvalue weighted by Crippen LogP contribution is 2.49. The number of hydrogen-bond acceptors (Lipinski definition) is 1. The maximum atomic E-state index is 5.23. The van der Waals surface area contributed by atoms with Crippen LogP contribution >= 0.6 is 0 Å². The van der Waals surface area contributed by atoms with Crippen molar-refractivity contribution in [2.45, 2.75) is 83.0 Å². The number of nitrogens with zero attached hydrogens (tertiary/aromatic N) is 1. The molecule has 1 nitrogen and oxygen atoms in total. The van der Waals surface area contributed by atoms with Crippen LogP contribution in [0.4, 0.5) is 0 Å². The largest absolute Gasteiger partial charge is 0.248 e. The summed E-state index contributed by atoms with van der Waals surface area (Å²) in [5, 5.41) is 0. The summed E-state index contributed by atoms with van der Waals surface area (Å²) in [6, 6.07) is 52.4. The summed E-state index contributed by atoms with van der Waals surface area (Å²) in [7, 11) is 0. The van der Waals surface area contributed by atoms with Gasteiger partial charge < -0.3 is 0 Å². The predicted octanol–water partition coefficient (Wildman–Crippen LogP) is 16.0. The minimum Gasteiger partial charge on any atom is -0.248 e. The topological polar surface area (TPSA) is 12.9 Å². The monoisotopic (exact) mass is 801 g/mol. The smallest absolute Gasteiger partial charge is 0.0712 e. The molecule has 0 amide bonds. The summed E-state index contributed by atoms with van der Waals surface area (Å²) in [6.45, 7) is 2.51. The van der Waals surface area contributed by atoms with E-state index >= 15 is 0 Å². The van der Waals surface area contributed by atoms with Gasteiger partial charge in [-0.25, -0.2) is 4.98 Å². The minimum atomic E-state index is 0.412. The molecule has 1 unspecified atom stereocenters. The summed E-state index contributed by atoms with van der Waals surface area (Å²) < 4.78 is 0. The first kappa shape index (κ1) is 38.6. The summed E-state index contributed by atoms with van der Waals surface area (Å²) >= 11 is 0. The molecule has 0 radical (unpaired) electrons.